The molecule has 0 saturated heterocycles. The first-order chi connectivity index (χ1) is 12.2. The molecule has 1 aromatic carbocycles. The molecule has 2 fully saturated rings. The lowest BCUT2D eigenvalue weighted by Gasteiger charge is -2.40. The van der Waals surface area contributed by atoms with Gasteiger partial charge in [-0.25, -0.2) is 0 Å². The maximum absolute atomic E-state index is 12.1. The number of H-pyrrole nitrogens is 1. The molecule has 1 N–H and O–H groups in total. The third kappa shape index (κ3) is 2.30. The fourth-order valence-electron chi connectivity index (χ4n) is 5.27. The Kier molecular flexibility index (Phi) is 3.68. The van der Waals surface area contributed by atoms with E-state index in [9.17, 15) is 4.79 Å². The van der Waals surface area contributed by atoms with E-state index in [2.05, 4.69) is 17.1 Å². The van der Waals surface area contributed by atoms with Crippen molar-refractivity contribution in [3.8, 4) is 11.5 Å². The standard InChI is InChI=1S/C19H21NO3S2/c1-22-12-6-5-10(8-13(12)23-2)15-14-9-3-4-11(7-9)16(14)24-18-17(15)25-19(21)20-18/h5-6,8-9,11,14-16H,3-4,7H2,1-2H3,(H,20,21)/t9-,11+,14+,15-,16-/m0/s1. The molecule has 3 aliphatic rings. The summed E-state index contributed by atoms with van der Waals surface area (Å²) in [5, 5.41) is 1.73. The molecule has 2 aromatic rings. The lowest BCUT2D eigenvalue weighted by molar-refractivity contribution is 0.306. The van der Waals surface area contributed by atoms with E-state index < -0.39 is 0 Å². The van der Waals surface area contributed by atoms with Crippen LogP contribution in [0.5, 0.6) is 11.5 Å². The summed E-state index contributed by atoms with van der Waals surface area (Å²) in [5.74, 6) is 4.03. The molecule has 1 aromatic heterocycles. The van der Waals surface area contributed by atoms with Crippen LogP contribution in [0.4, 0.5) is 0 Å². The molecule has 2 heterocycles. The number of thiazole rings is 1. The Bertz CT molecular complexity index is 874. The van der Waals surface area contributed by atoms with Gasteiger partial charge in [-0.3, -0.25) is 4.79 Å². The van der Waals surface area contributed by atoms with Crippen molar-refractivity contribution in [3.63, 3.8) is 0 Å². The van der Waals surface area contributed by atoms with Gasteiger partial charge in [0.1, 0.15) is 0 Å². The third-order valence-corrected chi connectivity index (χ3v) is 8.86. The van der Waals surface area contributed by atoms with Gasteiger partial charge in [0.25, 0.3) is 0 Å². The molecule has 5 rings (SSSR count). The Hall–Kier alpha value is -1.40. The number of ether oxygens (including phenoxy) is 2. The zero-order valence-electron chi connectivity index (χ0n) is 14.3. The molecule has 2 bridgehead atoms. The van der Waals surface area contributed by atoms with Crippen LogP contribution in [-0.4, -0.2) is 24.5 Å². The van der Waals surface area contributed by atoms with Gasteiger partial charge >= 0.3 is 4.87 Å². The number of hydrogen-bond acceptors (Lipinski definition) is 5. The molecule has 0 radical (unpaired) electrons. The maximum atomic E-state index is 12.1. The molecular formula is C19H21NO3S2. The highest BCUT2D eigenvalue weighted by Gasteiger charge is 2.54. The van der Waals surface area contributed by atoms with Crippen LogP contribution in [0, 0.1) is 17.8 Å². The molecule has 0 unspecified atom stereocenters. The summed E-state index contributed by atoms with van der Waals surface area (Å²) in [5.41, 5.74) is 1.25. The molecule has 4 nitrogen and oxygen atoms in total. The van der Waals surface area contributed by atoms with Gasteiger partial charge in [0.2, 0.25) is 0 Å². The minimum absolute atomic E-state index is 0.0651. The molecule has 0 spiro atoms. The molecule has 0 amide bonds. The number of rotatable bonds is 3. The number of aromatic amines is 1. The number of fused-ring (bicyclic) bond motifs is 6. The van der Waals surface area contributed by atoms with Crippen molar-refractivity contribution in [2.45, 2.75) is 35.5 Å². The first kappa shape index (κ1) is 15.8. The first-order valence-electron chi connectivity index (χ1n) is 8.81. The Morgan fingerprint density at radius 3 is 2.72 bits per heavy atom. The van der Waals surface area contributed by atoms with E-state index in [0.29, 0.717) is 17.1 Å². The zero-order valence-corrected chi connectivity index (χ0v) is 15.9. The minimum atomic E-state index is 0.0651. The highest BCUT2D eigenvalue weighted by molar-refractivity contribution is 8.00. The van der Waals surface area contributed by atoms with Gasteiger partial charge in [-0.2, -0.15) is 0 Å². The molecule has 2 aliphatic carbocycles. The van der Waals surface area contributed by atoms with Gasteiger partial charge < -0.3 is 14.5 Å². The number of methoxy groups -OCH3 is 2. The molecule has 2 saturated carbocycles. The van der Waals surface area contributed by atoms with Gasteiger partial charge in [0, 0.05) is 16.0 Å². The van der Waals surface area contributed by atoms with E-state index in [0.717, 1.165) is 28.4 Å². The van der Waals surface area contributed by atoms with E-state index in [1.807, 2.05) is 17.8 Å². The van der Waals surface area contributed by atoms with E-state index in [4.69, 9.17) is 9.47 Å². The summed E-state index contributed by atoms with van der Waals surface area (Å²) in [6, 6.07) is 6.25. The van der Waals surface area contributed by atoms with Crippen molar-refractivity contribution in [1.29, 1.82) is 0 Å². The van der Waals surface area contributed by atoms with Crippen LogP contribution in [0.15, 0.2) is 28.0 Å². The average molecular weight is 376 g/mol. The predicted octanol–water partition coefficient (Wildman–Crippen LogP) is 4.11. The fourth-order valence-corrected chi connectivity index (χ4v) is 8.16. The highest BCUT2D eigenvalue weighted by Crippen LogP contribution is 2.63. The van der Waals surface area contributed by atoms with Crippen LogP contribution in [0.2, 0.25) is 0 Å². The van der Waals surface area contributed by atoms with Gasteiger partial charge in [0.05, 0.1) is 19.2 Å². The van der Waals surface area contributed by atoms with Crippen LogP contribution in [0.25, 0.3) is 0 Å². The molecular weight excluding hydrogens is 354 g/mol. The number of aromatic nitrogens is 1. The van der Waals surface area contributed by atoms with E-state index in [-0.39, 0.29) is 4.87 Å². The summed E-state index contributed by atoms with van der Waals surface area (Å²) in [6.07, 6.45) is 4.04. The highest BCUT2D eigenvalue weighted by atomic mass is 32.2. The summed E-state index contributed by atoms with van der Waals surface area (Å²) >= 11 is 3.32. The van der Waals surface area contributed by atoms with Gasteiger partial charge in [-0.05, 0) is 54.7 Å². The SMILES string of the molecule is COc1ccc([C@@H]2c3sc(=O)[nH]c3S[C@H]3[C@@H]4CC[C@@H](C4)[C@H]23)cc1OC. The number of thioether (sulfide) groups is 1. The van der Waals surface area contributed by atoms with Crippen molar-refractivity contribution in [2.24, 2.45) is 17.8 Å². The topological polar surface area (TPSA) is 51.3 Å². The van der Waals surface area contributed by atoms with Crippen molar-refractivity contribution < 1.29 is 9.47 Å². The minimum Gasteiger partial charge on any atom is -0.493 e. The monoisotopic (exact) mass is 375 g/mol. The molecule has 6 heteroatoms. The van der Waals surface area contributed by atoms with Crippen molar-refractivity contribution in [1.82, 2.24) is 4.98 Å². The van der Waals surface area contributed by atoms with Gasteiger partial charge in [-0.1, -0.05) is 17.4 Å². The lowest BCUT2D eigenvalue weighted by atomic mass is 9.75. The van der Waals surface area contributed by atoms with E-state index >= 15 is 0 Å². The predicted molar refractivity (Wildman–Crippen MR) is 100 cm³/mol. The van der Waals surface area contributed by atoms with Crippen LogP contribution in [-0.2, 0) is 0 Å². The fraction of sp³-hybridized carbons (Fsp3) is 0.526. The van der Waals surface area contributed by atoms with Crippen LogP contribution in [0.3, 0.4) is 0 Å². The van der Waals surface area contributed by atoms with Gasteiger partial charge in [0.15, 0.2) is 11.5 Å². The Morgan fingerprint density at radius 1 is 1.12 bits per heavy atom. The summed E-state index contributed by atoms with van der Waals surface area (Å²) in [6.45, 7) is 0. The number of hydrogen-bond donors (Lipinski definition) is 1. The summed E-state index contributed by atoms with van der Waals surface area (Å²) < 4.78 is 10.9. The number of benzene rings is 1. The van der Waals surface area contributed by atoms with Crippen LogP contribution < -0.4 is 14.3 Å². The van der Waals surface area contributed by atoms with Crippen molar-refractivity contribution >= 4 is 23.1 Å². The van der Waals surface area contributed by atoms with Crippen molar-refractivity contribution in [3.05, 3.63) is 38.3 Å². The van der Waals surface area contributed by atoms with Crippen molar-refractivity contribution in [2.75, 3.05) is 14.2 Å². The smallest absolute Gasteiger partial charge is 0.305 e. The Labute approximate surface area is 154 Å². The average Bonchev–Trinajstić information content (AvgIpc) is 3.32. The van der Waals surface area contributed by atoms with E-state index in [1.165, 1.54) is 41.0 Å². The molecule has 1 aliphatic heterocycles. The largest absolute Gasteiger partial charge is 0.493 e. The molecule has 132 valence electrons. The Balaban J connectivity index is 1.66. The Morgan fingerprint density at radius 2 is 1.92 bits per heavy atom. The quantitative estimate of drug-likeness (QED) is 0.877. The maximum Gasteiger partial charge on any atom is 0.305 e. The van der Waals surface area contributed by atoms with Gasteiger partial charge in [-0.15, -0.1) is 11.8 Å². The first-order valence-corrected chi connectivity index (χ1v) is 10.5. The normalized spacial score (nSPS) is 32.3. The molecule has 5 atom stereocenters. The lowest BCUT2D eigenvalue weighted by Crippen LogP contribution is -2.33. The summed E-state index contributed by atoms with van der Waals surface area (Å²) in [7, 11) is 3.34. The van der Waals surface area contributed by atoms with E-state index in [1.54, 1.807) is 14.2 Å². The molecule has 25 heavy (non-hydrogen) atoms. The third-order valence-electron chi connectivity index (χ3n) is 6.23. The van der Waals surface area contributed by atoms with Crippen LogP contribution in [0.1, 0.15) is 35.6 Å². The second-order valence-electron chi connectivity index (χ2n) is 7.29. The second-order valence-corrected chi connectivity index (χ2v) is 9.50. The second kappa shape index (κ2) is 5.81. The zero-order chi connectivity index (χ0) is 17.1. The van der Waals surface area contributed by atoms with Crippen LogP contribution >= 0.6 is 23.1 Å². The number of nitrogens with one attached hydrogen (secondary N) is 1. The summed E-state index contributed by atoms with van der Waals surface area (Å²) in [4.78, 5) is 16.4.